The Labute approximate surface area is 163 Å². The highest BCUT2D eigenvalue weighted by Crippen LogP contribution is 2.24. The van der Waals surface area contributed by atoms with Gasteiger partial charge in [-0.1, -0.05) is 36.4 Å². The van der Waals surface area contributed by atoms with E-state index in [1.807, 2.05) is 30.3 Å². The van der Waals surface area contributed by atoms with Crippen LogP contribution in [-0.4, -0.2) is 36.3 Å². The van der Waals surface area contributed by atoms with E-state index in [2.05, 4.69) is 5.32 Å². The third-order valence-electron chi connectivity index (χ3n) is 4.37. The minimum atomic E-state index is -1.09. The molecule has 2 aromatic rings. The highest BCUT2D eigenvalue weighted by Gasteiger charge is 2.26. The number of carbonyl (C=O) groups excluding carboxylic acids is 2. The van der Waals surface area contributed by atoms with E-state index >= 15 is 0 Å². The Morgan fingerprint density at radius 3 is 2.25 bits per heavy atom. The maximum absolute atomic E-state index is 14.2. The normalized spacial score (nSPS) is 11.7. The lowest BCUT2D eigenvalue weighted by Gasteiger charge is -2.26. The molecule has 0 saturated heterocycles. The number of carbonyl (C=O) groups is 2. The summed E-state index contributed by atoms with van der Waals surface area (Å²) in [7, 11) is 0. The van der Waals surface area contributed by atoms with Gasteiger partial charge >= 0.3 is 0 Å². The molecule has 0 aliphatic carbocycles. The van der Waals surface area contributed by atoms with Gasteiger partial charge in [-0.05, 0) is 24.1 Å². The second-order valence-electron chi connectivity index (χ2n) is 6.50. The van der Waals surface area contributed by atoms with E-state index in [0.29, 0.717) is 19.5 Å². The van der Waals surface area contributed by atoms with Gasteiger partial charge in [0, 0.05) is 32.1 Å². The molecule has 7 heteroatoms. The number of benzene rings is 2. The summed E-state index contributed by atoms with van der Waals surface area (Å²) in [6.07, 6.45) is 0.373. The first-order valence-electron chi connectivity index (χ1n) is 9.15. The molecule has 2 aromatic carbocycles. The van der Waals surface area contributed by atoms with Gasteiger partial charge in [0.15, 0.2) is 0 Å². The number of hydrogen-bond acceptors (Lipinski definition) is 3. The Bertz CT molecular complexity index is 779. The standard InChI is InChI=1S/C21H25F2N3O2/c1-15(27)25-19(21-17(22)8-5-9-18(21)23)14-20(28)26(13-11-24)12-10-16-6-3-2-4-7-16/h2-9,19H,10-14,24H2,1H3,(H,25,27). The van der Waals surface area contributed by atoms with E-state index in [-0.39, 0.29) is 24.4 Å². The van der Waals surface area contributed by atoms with Crippen molar-refractivity contribution in [1.29, 1.82) is 0 Å². The molecule has 0 saturated carbocycles. The molecule has 0 aliphatic heterocycles. The third kappa shape index (κ3) is 6.13. The van der Waals surface area contributed by atoms with Gasteiger partial charge < -0.3 is 16.0 Å². The summed E-state index contributed by atoms with van der Waals surface area (Å²) >= 11 is 0. The molecule has 0 heterocycles. The Morgan fingerprint density at radius 1 is 1.04 bits per heavy atom. The van der Waals surface area contributed by atoms with Crippen molar-refractivity contribution in [3.8, 4) is 0 Å². The molecule has 150 valence electrons. The van der Waals surface area contributed by atoms with Crippen molar-refractivity contribution in [1.82, 2.24) is 10.2 Å². The molecule has 28 heavy (non-hydrogen) atoms. The number of amides is 2. The summed E-state index contributed by atoms with van der Waals surface area (Å²) in [4.78, 5) is 25.9. The van der Waals surface area contributed by atoms with Crippen molar-refractivity contribution in [2.45, 2.75) is 25.8 Å². The van der Waals surface area contributed by atoms with Crippen LogP contribution in [0.4, 0.5) is 8.78 Å². The first-order chi connectivity index (χ1) is 13.4. The number of nitrogens with zero attached hydrogens (tertiary/aromatic N) is 1. The van der Waals surface area contributed by atoms with Gasteiger partial charge in [-0.2, -0.15) is 0 Å². The third-order valence-corrected chi connectivity index (χ3v) is 4.37. The van der Waals surface area contributed by atoms with Crippen molar-refractivity contribution in [2.24, 2.45) is 5.73 Å². The molecular weight excluding hydrogens is 364 g/mol. The number of halogens is 2. The van der Waals surface area contributed by atoms with Crippen LogP contribution >= 0.6 is 0 Å². The fourth-order valence-corrected chi connectivity index (χ4v) is 3.04. The first-order valence-corrected chi connectivity index (χ1v) is 9.15. The van der Waals surface area contributed by atoms with Gasteiger partial charge in [-0.3, -0.25) is 9.59 Å². The molecule has 0 aromatic heterocycles. The highest BCUT2D eigenvalue weighted by atomic mass is 19.1. The highest BCUT2D eigenvalue weighted by molar-refractivity contribution is 5.79. The van der Waals surface area contributed by atoms with E-state index in [1.54, 1.807) is 4.90 Å². The molecule has 5 nitrogen and oxygen atoms in total. The molecule has 0 spiro atoms. The number of rotatable bonds is 9. The van der Waals surface area contributed by atoms with E-state index in [4.69, 9.17) is 5.73 Å². The van der Waals surface area contributed by atoms with Gasteiger partial charge in [-0.25, -0.2) is 8.78 Å². The van der Waals surface area contributed by atoms with Gasteiger partial charge in [-0.15, -0.1) is 0 Å². The average Bonchev–Trinajstić information content (AvgIpc) is 2.65. The monoisotopic (exact) mass is 389 g/mol. The predicted molar refractivity (Wildman–Crippen MR) is 103 cm³/mol. The zero-order chi connectivity index (χ0) is 20.5. The van der Waals surface area contributed by atoms with Gasteiger partial charge in [0.05, 0.1) is 12.5 Å². The maximum Gasteiger partial charge on any atom is 0.225 e. The fraction of sp³-hybridized carbons (Fsp3) is 0.333. The smallest absolute Gasteiger partial charge is 0.225 e. The molecule has 0 fully saturated rings. The summed E-state index contributed by atoms with van der Waals surface area (Å²) in [5, 5.41) is 2.48. The number of nitrogens with two attached hydrogens (primary N) is 1. The van der Waals surface area contributed by atoms with Crippen LogP contribution in [0, 0.1) is 11.6 Å². The summed E-state index contributed by atoms with van der Waals surface area (Å²) in [6.45, 7) is 2.24. The van der Waals surface area contributed by atoms with Crippen LogP contribution in [0.25, 0.3) is 0 Å². The summed E-state index contributed by atoms with van der Waals surface area (Å²) in [5.41, 5.74) is 6.37. The molecule has 3 N–H and O–H groups in total. The van der Waals surface area contributed by atoms with Crippen LogP contribution in [0.2, 0.25) is 0 Å². The van der Waals surface area contributed by atoms with E-state index in [1.165, 1.54) is 13.0 Å². The molecular formula is C21H25F2N3O2. The van der Waals surface area contributed by atoms with Crippen molar-refractivity contribution in [3.05, 3.63) is 71.3 Å². The first kappa shape index (κ1) is 21.5. The number of nitrogens with one attached hydrogen (secondary N) is 1. The number of hydrogen-bond donors (Lipinski definition) is 2. The van der Waals surface area contributed by atoms with Crippen molar-refractivity contribution in [3.63, 3.8) is 0 Å². The van der Waals surface area contributed by atoms with E-state index in [0.717, 1.165) is 17.7 Å². The van der Waals surface area contributed by atoms with Crippen LogP contribution in [0.1, 0.15) is 30.5 Å². The zero-order valence-corrected chi connectivity index (χ0v) is 15.8. The Balaban J connectivity index is 2.15. The quantitative estimate of drug-likeness (QED) is 0.692. The van der Waals surface area contributed by atoms with Crippen molar-refractivity contribution < 1.29 is 18.4 Å². The minimum absolute atomic E-state index is 0.258. The maximum atomic E-state index is 14.2. The lowest BCUT2D eigenvalue weighted by atomic mass is 10.0. The topological polar surface area (TPSA) is 75.4 Å². The molecule has 0 aliphatic rings. The van der Waals surface area contributed by atoms with Gasteiger partial charge in [0.2, 0.25) is 11.8 Å². The Hall–Kier alpha value is -2.80. The SMILES string of the molecule is CC(=O)NC(CC(=O)N(CCN)CCc1ccccc1)c1c(F)cccc1F. The average molecular weight is 389 g/mol. The van der Waals surface area contributed by atoms with E-state index in [9.17, 15) is 18.4 Å². The van der Waals surface area contributed by atoms with Gasteiger partial charge in [0.1, 0.15) is 11.6 Å². The van der Waals surface area contributed by atoms with Gasteiger partial charge in [0.25, 0.3) is 0 Å². The lowest BCUT2D eigenvalue weighted by Crippen LogP contribution is -2.40. The Morgan fingerprint density at radius 2 is 1.68 bits per heavy atom. The van der Waals surface area contributed by atoms with Crippen LogP contribution < -0.4 is 11.1 Å². The molecule has 1 unspecified atom stereocenters. The molecule has 1 atom stereocenters. The van der Waals surface area contributed by atoms with Crippen LogP contribution in [0.15, 0.2) is 48.5 Å². The fourth-order valence-electron chi connectivity index (χ4n) is 3.04. The second-order valence-corrected chi connectivity index (χ2v) is 6.50. The predicted octanol–water partition coefficient (Wildman–Crippen LogP) is 2.56. The molecule has 2 amide bonds. The largest absolute Gasteiger partial charge is 0.349 e. The zero-order valence-electron chi connectivity index (χ0n) is 15.8. The second kappa shape index (κ2) is 10.5. The van der Waals surface area contributed by atoms with Crippen LogP contribution in [0.5, 0.6) is 0 Å². The van der Waals surface area contributed by atoms with Crippen molar-refractivity contribution >= 4 is 11.8 Å². The molecule has 0 radical (unpaired) electrons. The van der Waals surface area contributed by atoms with Crippen molar-refractivity contribution in [2.75, 3.05) is 19.6 Å². The van der Waals surface area contributed by atoms with E-state index < -0.39 is 23.6 Å². The molecule has 0 bridgehead atoms. The summed E-state index contributed by atoms with van der Waals surface area (Å²) in [5.74, 6) is -2.42. The summed E-state index contributed by atoms with van der Waals surface area (Å²) in [6, 6.07) is 12.0. The van der Waals surface area contributed by atoms with Crippen LogP contribution in [-0.2, 0) is 16.0 Å². The van der Waals surface area contributed by atoms with Crippen LogP contribution in [0.3, 0.4) is 0 Å². The lowest BCUT2D eigenvalue weighted by molar-refractivity contribution is -0.132. The summed E-state index contributed by atoms with van der Waals surface area (Å²) < 4.78 is 28.4. The minimum Gasteiger partial charge on any atom is -0.349 e. The molecule has 2 rings (SSSR count). The Kier molecular flexibility index (Phi) is 8.07.